The summed E-state index contributed by atoms with van der Waals surface area (Å²) >= 11 is 6.28. The monoisotopic (exact) mass is 402 g/mol. The highest BCUT2D eigenvalue weighted by Crippen LogP contribution is 2.28. The zero-order chi connectivity index (χ0) is 19.3. The molecule has 0 heterocycles. The van der Waals surface area contributed by atoms with Gasteiger partial charge >= 0.3 is 0 Å². The van der Waals surface area contributed by atoms with Gasteiger partial charge in [0.05, 0.1) is 17.8 Å². The van der Waals surface area contributed by atoms with Crippen molar-refractivity contribution in [1.29, 1.82) is 0 Å². The minimum atomic E-state index is -3.63. The zero-order valence-electron chi connectivity index (χ0n) is 14.6. The number of para-hydroxylation sites is 1. The summed E-state index contributed by atoms with van der Waals surface area (Å²) < 4.78 is 32.6. The number of nitrogens with one attached hydrogen (secondary N) is 2. The van der Waals surface area contributed by atoms with Crippen LogP contribution in [-0.4, -0.2) is 11.7 Å². The Kier molecular flexibility index (Phi) is 6.01. The van der Waals surface area contributed by atoms with Crippen molar-refractivity contribution in [2.45, 2.75) is 11.4 Å². The molecule has 5 nitrogen and oxygen atoms in total. The highest BCUT2D eigenvalue weighted by atomic mass is 35.5. The fourth-order valence-electron chi connectivity index (χ4n) is 2.52. The average molecular weight is 403 g/mol. The molecule has 2 N–H and O–H groups in total. The number of hydrogen-bond acceptors (Lipinski definition) is 4. The molecule has 1 unspecified atom stereocenters. The lowest BCUT2D eigenvalue weighted by Gasteiger charge is -2.16. The van der Waals surface area contributed by atoms with Gasteiger partial charge in [-0.1, -0.05) is 46.1 Å². The summed E-state index contributed by atoms with van der Waals surface area (Å²) in [6, 6.07) is 20.9. The van der Waals surface area contributed by atoms with Crippen molar-refractivity contribution in [1.82, 2.24) is 0 Å². The molecule has 3 aromatic carbocycles. The average Bonchev–Trinajstić information content (AvgIpc) is 2.68. The van der Waals surface area contributed by atoms with Crippen molar-refractivity contribution in [3.8, 4) is 5.75 Å². The summed E-state index contributed by atoms with van der Waals surface area (Å²) in [4.78, 5) is 0.191. The van der Waals surface area contributed by atoms with Crippen molar-refractivity contribution in [2.75, 3.05) is 17.1 Å². The molecule has 140 valence electrons. The quantitative estimate of drug-likeness (QED) is 0.547. The topological polar surface area (TPSA) is 73.4 Å². The Balaban J connectivity index is 1.68. The highest BCUT2D eigenvalue weighted by Gasteiger charge is 2.19. The van der Waals surface area contributed by atoms with Crippen LogP contribution in [0.15, 0.2) is 77.7 Å². The summed E-state index contributed by atoms with van der Waals surface area (Å²) in [5.74, 6) is 0.615. The van der Waals surface area contributed by atoms with Gasteiger partial charge in [0.2, 0.25) is 0 Å². The van der Waals surface area contributed by atoms with Gasteiger partial charge in [-0.05, 0) is 48.0 Å². The minimum Gasteiger partial charge on any atom is -0.588 e. The molecule has 3 rings (SSSR count). The summed E-state index contributed by atoms with van der Waals surface area (Å²) in [5.41, 5.74) is 2.19. The van der Waals surface area contributed by atoms with E-state index in [9.17, 15) is 8.76 Å². The van der Waals surface area contributed by atoms with E-state index in [1.165, 1.54) is 0 Å². The number of rotatable bonds is 7. The van der Waals surface area contributed by atoms with E-state index in [0.29, 0.717) is 23.0 Å². The van der Waals surface area contributed by atoms with Crippen LogP contribution in [0, 0.1) is 0 Å². The molecule has 0 saturated heterocycles. The van der Waals surface area contributed by atoms with Gasteiger partial charge in [-0.25, -0.2) is 4.72 Å². The molecule has 0 bridgehead atoms. The number of ether oxygens (including phenoxy) is 1. The summed E-state index contributed by atoms with van der Waals surface area (Å²) in [6.45, 7) is 0.490. The van der Waals surface area contributed by atoms with Crippen molar-refractivity contribution in [3.05, 3.63) is 83.4 Å². The van der Waals surface area contributed by atoms with Gasteiger partial charge in [0.15, 0.2) is 15.3 Å². The van der Waals surface area contributed by atoms with E-state index in [2.05, 4.69) is 10.0 Å². The summed E-state index contributed by atoms with van der Waals surface area (Å²) in [7, 11) is -2.06. The van der Waals surface area contributed by atoms with Gasteiger partial charge in [-0.2, -0.15) is 0 Å². The van der Waals surface area contributed by atoms with E-state index >= 15 is 0 Å². The molecule has 3 aromatic rings. The Hall–Kier alpha value is -2.54. The van der Waals surface area contributed by atoms with Gasteiger partial charge in [0.1, 0.15) is 5.75 Å². The first kappa shape index (κ1) is 19.2. The van der Waals surface area contributed by atoms with Crippen LogP contribution >= 0.6 is 11.6 Å². The van der Waals surface area contributed by atoms with Crippen LogP contribution in [0.25, 0.3) is 0 Å². The third-order valence-electron chi connectivity index (χ3n) is 3.94. The van der Waals surface area contributed by atoms with Crippen molar-refractivity contribution in [3.63, 3.8) is 0 Å². The molecule has 0 aliphatic heterocycles. The summed E-state index contributed by atoms with van der Waals surface area (Å²) in [6.07, 6.45) is 0. The van der Waals surface area contributed by atoms with E-state index in [-0.39, 0.29) is 4.90 Å². The smallest absolute Gasteiger partial charge is 0.180 e. The second-order valence-corrected chi connectivity index (χ2v) is 7.84. The molecule has 0 aromatic heterocycles. The number of halogens is 1. The third-order valence-corrected chi connectivity index (χ3v) is 5.76. The molecule has 1 atom stereocenters. The Bertz CT molecular complexity index is 949. The van der Waals surface area contributed by atoms with Crippen LogP contribution in [0.1, 0.15) is 5.56 Å². The lowest BCUT2D eigenvalue weighted by atomic mass is 10.2. The molecule has 0 aliphatic rings. The number of methoxy groups -OCH3 is 1. The Labute approximate surface area is 164 Å². The lowest BCUT2D eigenvalue weighted by Crippen LogP contribution is -2.20. The van der Waals surface area contributed by atoms with E-state index < -0.39 is 10.4 Å². The molecule has 0 aliphatic carbocycles. The Morgan fingerprint density at radius 3 is 2.33 bits per heavy atom. The van der Waals surface area contributed by atoms with Crippen LogP contribution in [0.3, 0.4) is 0 Å². The number of hydrogen-bond donors (Lipinski definition) is 2. The molecule has 0 saturated carbocycles. The maximum Gasteiger partial charge on any atom is 0.180 e. The van der Waals surface area contributed by atoms with Gasteiger partial charge in [-0.15, -0.1) is 0 Å². The maximum absolute atomic E-state index is 12.4. The number of anilines is 2. The van der Waals surface area contributed by atoms with E-state index in [4.69, 9.17) is 16.3 Å². The van der Waals surface area contributed by atoms with E-state index in [1.807, 2.05) is 18.2 Å². The first-order valence-electron chi connectivity index (χ1n) is 8.23. The fourth-order valence-corrected chi connectivity index (χ4v) is 3.85. The summed E-state index contributed by atoms with van der Waals surface area (Å²) in [5, 5.41) is 3.78. The second kappa shape index (κ2) is 8.43. The van der Waals surface area contributed by atoms with Crippen molar-refractivity contribution < 1.29 is 13.5 Å². The van der Waals surface area contributed by atoms with Crippen LogP contribution in [-0.2, 0) is 21.2 Å². The van der Waals surface area contributed by atoms with Crippen LogP contribution in [0.4, 0.5) is 11.4 Å². The second-order valence-electron chi connectivity index (χ2n) is 5.78. The maximum atomic E-state index is 12.4. The zero-order valence-corrected chi connectivity index (χ0v) is 16.2. The molecular formula is C20H19ClN2O3S. The Morgan fingerprint density at radius 2 is 1.67 bits per heavy atom. The molecular weight excluding hydrogens is 384 g/mol. The van der Waals surface area contributed by atoms with Gasteiger partial charge in [-0.3, -0.25) is 0 Å². The van der Waals surface area contributed by atoms with Crippen LogP contribution in [0.5, 0.6) is 5.75 Å². The van der Waals surface area contributed by atoms with Crippen molar-refractivity contribution >= 4 is 33.4 Å². The molecule has 0 fully saturated rings. The largest absolute Gasteiger partial charge is 0.588 e. The lowest BCUT2D eigenvalue weighted by molar-refractivity contribution is 0.414. The molecule has 7 heteroatoms. The molecule has 0 radical (unpaired) electrons. The molecule has 0 amide bonds. The fraction of sp³-hybridized carbons (Fsp3) is 0.100. The predicted molar refractivity (Wildman–Crippen MR) is 109 cm³/mol. The number of benzene rings is 3. The Morgan fingerprint density at radius 1 is 0.963 bits per heavy atom. The highest BCUT2D eigenvalue weighted by molar-refractivity contribution is 7.98. The third kappa shape index (κ3) is 4.80. The normalized spacial score (nSPS) is 12.9. The molecule has 27 heavy (non-hydrogen) atoms. The molecule has 0 spiro atoms. The van der Waals surface area contributed by atoms with Gasteiger partial charge < -0.3 is 14.6 Å². The van der Waals surface area contributed by atoms with Gasteiger partial charge in [0, 0.05) is 12.2 Å². The van der Waals surface area contributed by atoms with E-state index in [1.54, 1.807) is 61.7 Å². The van der Waals surface area contributed by atoms with Gasteiger partial charge in [0.25, 0.3) is 0 Å². The van der Waals surface area contributed by atoms with Crippen molar-refractivity contribution in [2.24, 2.45) is 0 Å². The number of sulfonamides is 1. The predicted octanol–water partition coefficient (Wildman–Crippen LogP) is 4.98. The van der Waals surface area contributed by atoms with Crippen LogP contribution < -0.4 is 14.8 Å². The first-order chi connectivity index (χ1) is 13.0. The van der Waals surface area contributed by atoms with Crippen LogP contribution in [0.2, 0.25) is 5.02 Å². The standard InChI is InChI=1S/C20H19ClN2O3S/c1-26-19-9-5-6-15(20(19)21)14-22-16-10-12-18(13-11-16)27(24,25)23-17-7-3-2-4-8-17/h2-13,22H,14H2,1H3,(H-,23,24,25). The SMILES string of the molecule is COc1cccc(CNc2ccc([S+](=O)([O-])Nc3ccccc3)cc2)c1Cl. The van der Waals surface area contributed by atoms with E-state index in [0.717, 1.165) is 11.3 Å². The minimum absolute atomic E-state index is 0.191. The first-order valence-corrected chi connectivity index (χ1v) is 10.1.